The second-order valence-corrected chi connectivity index (χ2v) is 2.97. The Bertz CT molecular complexity index is 390. The largest absolute Gasteiger partial charge is 0.502 e. The van der Waals surface area contributed by atoms with Crippen molar-refractivity contribution in [2.24, 2.45) is 0 Å². The smallest absolute Gasteiger partial charge is 0.311 e. The maximum atomic E-state index is 10.5. The molecule has 0 bridgehead atoms. The fourth-order valence-corrected chi connectivity index (χ4v) is 1.12. The molecule has 0 atom stereocenters. The van der Waals surface area contributed by atoms with Crippen molar-refractivity contribution in [3.63, 3.8) is 0 Å². The first-order valence-electron chi connectivity index (χ1n) is 3.77. The molecule has 74 valence electrons. The summed E-state index contributed by atoms with van der Waals surface area (Å²) in [6, 6.07) is 4.04. The van der Waals surface area contributed by atoms with Gasteiger partial charge in [-0.25, -0.2) is 0 Å². The van der Waals surface area contributed by atoms with Gasteiger partial charge in [0.05, 0.1) is 4.92 Å². The molecule has 1 aromatic rings. The van der Waals surface area contributed by atoms with Crippen molar-refractivity contribution in [1.29, 1.82) is 0 Å². The van der Waals surface area contributed by atoms with E-state index in [0.29, 0.717) is 11.1 Å². The van der Waals surface area contributed by atoms with E-state index in [-0.39, 0.29) is 17.3 Å². The Balaban J connectivity index is 3.19. The van der Waals surface area contributed by atoms with E-state index >= 15 is 0 Å². The summed E-state index contributed by atoms with van der Waals surface area (Å²) in [7, 11) is 0. The van der Waals surface area contributed by atoms with Gasteiger partial charge >= 0.3 is 5.69 Å². The lowest BCUT2D eigenvalue weighted by molar-refractivity contribution is -0.385. The van der Waals surface area contributed by atoms with Crippen LogP contribution in [0.3, 0.4) is 0 Å². The molecule has 1 rings (SSSR count). The summed E-state index contributed by atoms with van der Waals surface area (Å²) in [5, 5.41) is 19.6. The van der Waals surface area contributed by atoms with E-state index in [1.54, 1.807) is 0 Å². The quantitative estimate of drug-likeness (QED) is 0.477. The van der Waals surface area contributed by atoms with Crippen LogP contribution in [0.2, 0.25) is 0 Å². The molecule has 0 radical (unpaired) electrons. The molecule has 0 aliphatic heterocycles. The Morgan fingerprint density at radius 3 is 2.79 bits per heavy atom. The third kappa shape index (κ3) is 2.03. The Kier molecular flexibility index (Phi) is 3.09. The fraction of sp³-hybridized carbons (Fsp3) is 0.111. The number of nitro groups is 1. The number of allylic oxidation sites excluding steroid dienone is 1. The predicted octanol–water partition coefficient (Wildman–Crippen LogP) is 2.55. The lowest BCUT2D eigenvalue weighted by Crippen LogP contribution is -1.91. The normalized spacial score (nSPS) is 9.79. The van der Waals surface area contributed by atoms with Crippen LogP contribution in [-0.4, -0.2) is 15.9 Å². The highest BCUT2D eigenvalue weighted by Crippen LogP contribution is 2.28. The second kappa shape index (κ2) is 4.11. The molecule has 1 N–H and O–H groups in total. The Hall–Kier alpha value is -1.55. The van der Waals surface area contributed by atoms with E-state index in [1.807, 2.05) is 0 Å². The molecular formula is C9H8ClNO3. The van der Waals surface area contributed by atoms with Crippen LogP contribution < -0.4 is 0 Å². The third-order valence-corrected chi connectivity index (χ3v) is 2.06. The molecular weight excluding hydrogens is 206 g/mol. The minimum absolute atomic E-state index is 0.196. The van der Waals surface area contributed by atoms with Crippen LogP contribution in [0.5, 0.6) is 5.75 Å². The SMILES string of the molecule is C=C(CCl)c1ccc(O)c([N+](=O)[O-])c1. The van der Waals surface area contributed by atoms with Gasteiger partial charge in [-0.3, -0.25) is 10.1 Å². The lowest BCUT2D eigenvalue weighted by Gasteiger charge is -2.02. The van der Waals surface area contributed by atoms with Gasteiger partial charge in [-0.05, 0) is 17.2 Å². The number of benzene rings is 1. The van der Waals surface area contributed by atoms with Gasteiger partial charge in [0.1, 0.15) is 0 Å². The van der Waals surface area contributed by atoms with Gasteiger partial charge in [0.2, 0.25) is 0 Å². The maximum absolute atomic E-state index is 10.5. The average molecular weight is 214 g/mol. The summed E-state index contributed by atoms with van der Waals surface area (Å²) in [4.78, 5) is 9.82. The molecule has 0 aliphatic rings. The first-order chi connectivity index (χ1) is 6.56. The van der Waals surface area contributed by atoms with Gasteiger partial charge in [0, 0.05) is 11.9 Å². The van der Waals surface area contributed by atoms with Crippen molar-refractivity contribution in [1.82, 2.24) is 0 Å². The van der Waals surface area contributed by atoms with E-state index < -0.39 is 4.92 Å². The van der Waals surface area contributed by atoms with Gasteiger partial charge in [-0.1, -0.05) is 12.6 Å². The zero-order valence-corrected chi connectivity index (χ0v) is 7.99. The number of nitro benzene ring substituents is 1. The van der Waals surface area contributed by atoms with Gasteiger partial charge in [0.15, 0.2) is 5.75 Å². The van der Waals surface area contributed by atoms with Gasteiger partial charge in [-0.2, -0.15) is 0 Å². The van der Waals surface area contributed by atoms with Gasteiger partial charge in [0.25, 0.3) is 0 Å². The van der Waals surface area contributed by atoms with Crippen LogP contribution in [0.15, 0.2) is 24.8 Å². The highest BCUT2D eigenvalue weighted by atomic mass is 35.5. The van der Waals surface area contributed by atoms with Crippen LogP contribution in [0.4, 0.5) is 5.69 Å². The number of rotatable bonds is 3. The molecule has 0 aromatic heterocycles. The molecule has 0 saturated carbocycles. The summed E-state index contributed by atoms with van der Waals surface area (Å²) in [5.74, 6) is -0.164. The van der Waals surface area contributed by atoms with Gasteiger partial charge in [-0.15, -0.1) is 11.6 Å². The molecule has 0 aliphatic carbocycles. The van der Waals surface area contributed by atoms with Crippen LogP contribution in [-0.2, 0) is 0 Å². The van der Waals surface area contributed by atoms with E-state index in [4.69, 9.17) is 16.7 Å². The minimum atomic E-state index is -0.652. The van der Waals surface area contributed by atoms with Crippen LogP contribution in [0.1, 0.15) is 5.56 Å². The molecule has 1 aromatic carbocycles. The summed E-state index contributed by atoms with van der Waals surface area (Å²) in [5.41, 5.74) is 0.799. The van der Waals surface area contributed by atoms with Crippen molar-refractivity contribution in [2.75, 3.05) is 5.88 Å². The summed E-state index contributed by atoms with van der Waals surface area (Å²) in [6.07, 6.45) is 0. The Morgan fingerprint density at radius 1 is 1.64 bits per heavy atom. The Morgan fingerprint density at radius 2 is 2.29 bits per heavy atom. The molecule has 0 unspecified atom stereocenters. The Labute approximate surface area is 85.6 Å². The zero-order valence-electron chi connectivity index (χ0n) is 7.24. The predicted molar refractivity (Wildman–Crippen MR) is 54.5 cm³/mol. The van der Waals surface area contributed by atoms with E-state index in [0.717, 1.165) is 0 Å². The van der Waals surface area contributed by atoms with E-state index in [2.05, 4.69) is 6.58 Å². The number of phenolic OH excluding ortho intramolecular Hbond substituents is 1. The fourth-order valence-electron chi connectivity index (χ4n) is 0.967. The van der Waals surface area contributed by atoms with Crippen molar-refractivity contribution in [3.8, 4) is 5.75 Å². The number of hydrogen-bond donors (Lipinski definition) is 1. The molecule has 0 heterocycles. The van der Waals surface area contributed by atoms with Crippen molar-refractivity contribution >= 4 is 22.9 Å². The standard InChI is InChI=1S/C9H8ClNO3/c1-6(5-10)7-2-3-9(12)8(4-7)11(13)14/h2-4,12H,1,5H2. The monoisotopic (exact) mass is 213 g/mol. The topological polar surface area (TPSA) is 63.4 Å². The molecule has 14 heavy (non-hydrogen) atoms. The first kappa shape index (κ1) is 10.5. The molecule has 4 nitrogen and oxygen atoms in total. The maximum Gasteiger partial charge on any atom is 0.311 e. The van der Waals surface area contributed by atoms with Crippen LogP contribution in [0, 0.1) is 10.1 Å². The molecule has 5 heteroatoms. The summed E-state index contributed by atoms with van der Waals surface area (Å²) < 4.78 is 0. The highest BCUT2D eigenvalue weighted by molar-refractivity contribution is 6.23. The minimum Gasteiger partial charge on any atom is -0.502 e. The lowest BCUT2D eigenvalue weighted by atomic mass is 10.1. The summed E-state index contributed by atoms with van der Waals surface area (Å²) in [6.45, 7) is 3.64. The number of aromatic hydroxyl groups is 1. The number of halogens is 1. The second-order valence-electron chi connectivity index (χ2n) is 2.70. The van der Waals surface area contributed by atoms with Crippen molar-refractivity contribution < 1.29 is 10.0 Å². The third-order valence-electron chi connectivity index (χ3n) is 1.74. The van der Waals surface area contributed by atoms with E-state index in [1.165, 1.54) is 18.2 Å². The van der Waals surface area contributed by atoms with E-state index in [9.17, 15) is 10.1 Å². The van der Waals surface area contributed by atoms with Gasteiger partial charge < -0.3 is 5.11 Å². The van der Waals surface area contributed by atoms with Crippen LogP contribution in [0.25, 0.3) is 5.57 Å². The van der Waals surface area contributed by atoms with Crippen molar-refractivity contribution in [2.45, 2.75) is 0 Å². The number of phenols is 1. The number of nitrogens with zero attached hydrogens (tertiary/aromatic N) is 1. The molecule has 0 amide bonds. The average Bonchev–Trinajstić information content (AvgIpc) is 2.17. The highest BCUT2D eigenvalue weighted by Gasteiger charge is 2.14. The number of hydrogen-bond acceptors (Lipinski definition) is 3. The zero-order chi connectivity index (χ0) is 10.7. The first-order valence-corrected chi connectivity index (χ1v) is 4.31. The van der Waals surface area contributed by atoms with Crippen molar-refractivity contribution in [3.05, 3.63) is 40.5 Å². The summed E-state index contributed by atoms with van der Waals surface area (Å²) >= 11 is 5.53. The van der Waals surface area contributed by atoms with Crippen LogP contribution >= 0.6 is 11.6 Å². The molecule has 0 saturated heterocycles. The molecule has 0 spiro atoms. The number of alkyl halides is 1. The molecule has 0 fully saturated rings.